The molecule has 4 rings (SSSR count). The van der Waals surface area contributed by atoms with Crippen LogP contribution in [0.4, 0.5) is 0 Å². The molecule has 0 atom stereocenters. The van der Waals surface area contributed by atoms with Gasteiger partial charge in [0.25, 0.3) is 0 Å². The van der Waals surface area contributed by atoms with Crippen LogP contribution < -0.4 is 0 Å². The molecule has 0 N–H and O–H groups in total. The van der Waals surface area contributed by atoms with Crippen LogP contribution in [0.1, 0.15) is 15.2 Å². The highest BCUT2D eigenvalue weighted by atomic mass is 32.1. The molecule has 0 bridgehead atoms. The second-order valence-corrected chi connectivity index (χ2v) is 7.45. The lowest BCUT2D eigenvalue weighted by molar-refractivity contribution is 0.104. The Hall–Kier alpha value is -2.49. The van der Waals surface area contributed by atoms with E-state index in [0.717, 1.165) is 20.9 Å². The Kier molecular flexibility index (Phi) is 4.11. The first kappa shape index (κ1) is 15.1. The number of carbonyl (C=O) groups excluding carboxylic acids is 1. The van der Waals surface area contributed by atoms with Crippen LogP contribution in [0.25, 0.3) is 20.9 Å². The molecule has 0 spiro atoms. The van der Waals surface area contributed by atoms with Gasteiger partial charge in [0.05, 0.1) is 4.88 Å². The molecule has 24 heavy (non-hydrogen) atoms. The molecule has 2 heterocycles. The van der Waals surface area contributed by atoms with Crippen molar-refractivity contribution in [3.8, 4) is 20.9 Å². The van der Waals surface area contributed by atoms with Gasteiger partial charge in [0.1, 0.15) is 0 Å². The number of ketones is 1. The van der Waals surface area contributed by atoms with E-state index in [0.29, 0.717) is 0 Å². The van der Waals surface area contributed by atoms with Crippen LogP contribution >= 0.6 is 22.7 Å². The predicted octanol–water partition coefficient (Wildman–Crippen LogP) is 6.37. The molecule has 0 unspecified atom stereocenters. The minimum atomic E-state index is 0.0852. The third kappa shape index (κ3) is 2.96. The summed E-state index contributed by atoms with van der Waals surface area (Å²) >= 11 is 3.29. The van der Waals surface area contributed by atoms with Gasteiger partial charge < -0.3 is 0 Å². The smallest absolute Gasteiger partial charge is 0.202 e. The van der Waals surface area contributed by atoms with E-state index in [4.69, 9.17) is 0 Å². The summed E-state index contributed by atoms with van der Waals surface area (Å²) in [6, 6.07) is 26.1. The Bertz CT molecular complexity index is 949. The Morgan fingerprint density at radius 3 is 2.04 bits per heavy atom. The lowest BCUT2D eigenvalue weighted by atomic mass is 10.1. The van der Waals surface area contributed by atoms with Crippen molar-refractivity contribution in [2.45, 2.75) is 0 Å². The van der Waals surface area contributed by atoms with Gasteiger partial charge in [0.2, 0.25) is 5.78 Å². The van der Waals surface area contributed by atoms with Crippen LogP contribution in [-0.4, -0.2) is 5.78 Å². The van der Waals surface area contributed by atoms with Crippen molar-refractivity contribution in [3.63, 3.8) is 0 Å². The Morgan fingerprint density at radius 2 is 1.38 bits per heavy atom. The van der Waals surface area contributed by atoms with Crippen LogP contribution in [0.15, 0.2) is 84.2 Å². The summed E-state index contributed by atoms with van der Waals surface area (Å²) in [7, 11) is 0. The van der Waals surface area contributed by atoms with Crippen LogP contribution in [0.2, 0.25) is 0 Å². The van der Waals surface area contributed by atoms with Gasteiger partial charge in [0, 0.05) is 15.3 Å². The van der Waals surface area contributed by atoms with E-state index >= 15 is 0 Å². The van der Waals surface area contributed by atoms with Crippen molar-refractivity contribution in [1.82, 2.24) is 0 Å². The number of thiophene rings is 2. The fraction of sp³-hybridized carbons (Fsp3) is 0. The van der Waals surface area contributed by atoms with E-state index in [2.05, 4.69) is 41.8 Å². The molecule has 0 saturated heterocycles. The first-order valence-electron chi connectivity index (χ1n) is 7.65. The average Bonchev–Trinajstić information content (AvgIpc) is 3.34. The zero-order valence-electron chi connectivity index (χ0n) is 12.8. The lowest BCUT2D eigenvalue weighted by Crippen LogP contribution is -1.97. The van der Waals surface area contributed by atoms with E-state index in [9.17, 15) is 4.79 Å². The summed E-state index contributed by atoms with van der Waals surface area (Å²) in [5, 5.41) is 2.09. The molecule has 0 aliphatic carbocycles. The van der Waals surface area contributed by atoms with Gasteiger partial charge in [-0.25, -0.2) is 0 Å². The van der Waals surface area contributed by atoms with Gasteiger partial charge in [-0.15, -0.1) is 22.7 Å². The highest BCUT2D eigenvalue weighted by Crippen LogP contribution is 2.32. The summed E-state index contributed by atoms with van der Waals surface area (Å²) in [6.07, 6.45) is 0. The summed E-state index contributed by atoms with van der Waals surface area (Å²) in [4.78, 5) is 15.7. The lowest BCUT2D eigenvalue weighted by Gasteiger charge is -2.01. The zero-order valence-corrected chi connectivity index (χ0v) is 14.4. The molecule has 0 radical (unpaired) electrons. The molecule has 0 saturated carbocycles. The van der Waals surface area contributed by atoms with E-state index in [1.807, 2.05) is 42.5 Å². The maximum atomic E-state index is 12.5. The zero-order chi connectivity index (χ0) is 16.4. The average molecular weight is 346 g/mol. The van der Waals surface area contributed by atoms with E-state index in [1.54, 1.807) is 22.7 Å². The number of hydrogen-bond acceptors (Lipinski definition) is 3. The van der Waals surface area contributed by atoms with Crippen molar-refractivity contribution in [1.29, 1.82) is 0 Å². The maximum Gasteiger partial charge on any atom is 0.202 e. The first-order valence-corrected chi connectivity index (χ1v) is 9.35. The summed E-state index contributed by atoms with van der Waals surface area (Å²) in [5.41, 5.74) is 3.11. The van der Waals surface area contributed by atoms with Crippen LogP contribution in [0.5, 0.6) is 0 Å². The number of hydrogen-bond donors (Lipinski definition) is 0. The number of carbonyl (C=O) groups is 1. The van der Waals surface area contributed by atoms with Crippen LogP contribution in [0.3, 0.4) is 0 Å². The van der Waals surface area contributed by atoms with Crippen molar-refractivity contribution in [3.05, 3.63) is 94.7 Å². The van der Waals surface area contributed by atoms with Crippen molar-refractivity contribution in [2.75, 3.05) is 0 Å². The van der Waals surface area contributed by atoms with Gasteiger partial charge in [0.15, 0.2) is 0 Å². The standard InChI is InChI=1S/C21H14OS2/c22-21(17-5-2-1-3-6-17)20-13-12-19(24-20)16-10-8-15(9-11-16)18-7-4-14-23-18/h1-14H. The minimum Gasteiger partial charge on any atom is -0.288 e. The van der Waals surface area contributed by atoms with Gasteiger partial charge in [-0.05, 0) is 34.7 Å². The molecule has 0 aliphatic heterocycles. The highest BCUT2D eigenvalue weighted by molar-refractivity contribution is 7.17. The van der Waals surface area contributed by atoms with Gasteiger partial charge in [-0.1, -0.05) is 60.7 Å². The third-order valence-electron chi connectivity index (χ3n) is 3.84. The molecule has 1 nitrogen and oxygen atoms in total. The summed E-state index contributed by atoms with van der Waals surface area (Å²) < 4.78 is 0. The van der Waals surface area contributed by atoms with Crippen molar-refractivity contribution in [2.24, 2.45) is 0 Å². The minimum absolute atomic E-state index is 0.0852. The van der Waals surface area contributed by atoms with Gasteiger partial charge >= 0.3 is 0 Å². The molecule has 4 aromatic rings. The molecule has 0 aliphatic rings. The topological polar surface area (TPSA) is 17.1 Å². The number of rotatable bonds is 4. The largest absolute Gasteiger partial charge is 0.288 e. The van der Waals surface area contributed by atoms with Crippen molar-refractivity contribution < 1.29 is 4.79 Å². The monoisotopic (exact) mass is 346 g/mol. The first-order chi connectivity index (χ1) is 11.8. The van der Waals surface area contributed by atoms with Crippen LogP contribution in [-0.2, 0) is 0 Å². The van der Waals surface area contributed by atoms with Gasteiger partial charge in [-0.2, -0.15) is 0 Å². The molecule has 2 aromatic heterocycles. The molecule has 3 heteroatoms. The molecular formula is C21H14OS2. The molecule has 0 fully saturated rings. The van der Waals surface area contributed by atoms with E-state index < -0.39 is 0 Å². The second kappa shape index (κ2) is 6.56. The van der Waals surface area contributed by atoms with Gasteiger partial charge in [-0.3, -0.25) is 4.79 Å². The van der Waals surface area contributed by atoms with E-state index in [1.165, 1.54) is 10.4 Å². The normalized spacial score (nSPS) is 10.7. The fourth-order valence-corrected chi connectivity index (χ4v) is 4.30. The second-order valence-electron chi connectivity index (χ2n) is 5.41. The fourth-order valence-electron chi connectivity index (χ4n) is 2.59. The van der Waals surface area contributed by atoms with Crippen LogP contribution in [0, 0.1) is 0 Å². The Morgan fingerprint density at radius 1 is 0.667 bits per heavy atom. The molecule has 2 aromatic carbocycles. The molecular weight excluding hydrogens is 332 g/mol. The maximum absolute atomic E-state index is 12.5. The molecule has 116 valence electrons. The quantitative estimate of drug-likeness (QED) is 0.392. The Labute approximate surface area is 148 Å². The van der Waals surface area contributed by atoms with E-state index in [-0.39, 0.29) is 5.78 Å². The predicted molar refractivity (Wildman–Crippen MR) is 103 cm³/mol. The molecule has 0 amide bonds. The highest BCUT2D eigenvalue weighted by Gasteiger charge is 2.12. The Balaban J connectivity index is 1.60. The third-order valence-corrected chi connectivity index (χ3v) is 5.89. The van der Waals surface area contributed by atoms with Crippen molar-refractivity contribution >= 4 is 28.5 Å². The SMILES string of the molecule is O=C(c1ccccc1)c1ccc(-c2ccc(-c3cccs3)cc2)s1. The summed E-state index contributed by atoms with van der Waals surface area (Å²) in [5.74, 6) is 0.0852. The summed E-state index contributed by atoms with van der Waals surface area (Å²) in [6.45, 7) is 0. The number of benzene rings is 2.